The SMILES string of the molecule is CCOC(=O)CC(=O)OC1CC(C)(C)N([O])C(C)(C)C1. The lowest BCUT2D eigenvalue weighted by Gasteiger charge is -2.49. The molecule has 1 heterocycles. The summed E-state index contributed by atoms with van der Waals surface area (Å²) in [6, 6.07) is 0. The van der Waals surface area contributed by atoms with Crippen LogP contribution in [0.4, 0.5) is 0 Å². The van der Waals surface area contributed by atoms with E-state index in [1.807, 2.05) is 27.7 Å². The maximum atomic E-state index is 12.2. The van der Waals surface area contributed by atoms with Gasteiger partial charge in [0.05, 0.1) is 6.61 Å². The minimum absolute atomic E-state index is 0.237. The van der Waals surface area contributed by atoms with Gasteiger partial charge in [-0.1, -0.05) is 0 Å². The first kappa shape index (κ1) is 16.9. The molecule has 6 nitrogen and oxygen atoms in total. The molecule has 0 N–H and O–H groups in total. The van der Waals surface area contributed by atoms with Crippen LogP contribution in [-0.2, 0) is 24.3 Å². The summed E-state index contributed by atoms with van der Waals surface area (Å²) in [5.74, 6) is -1.18. The Bertz CT molecular complexity index is 360. The van der Waals surface area contributed by atoms with Crippen LogP contribution in [0.25, 0.3) is 0 Å². The number of carbonyl (C=O) groups excluding carboxylic acids is 2. The molecule has 0 aromatic heterocycles. The summed E-state index contributed by atoms with van der Waals surface area (Å²) < 4.78 is 10.0. The Hall–Kier alpha value is -1.14. The zero-order valence-corrected chi connectivity index (χ0v) is 12.9. The van der Waals surface area contributed by atoms with Crippen molar-refractivity contribution in [1.29, 1.82) is 0 Å². The van der Waals surface area contributed by atoms with Gasteiger partial charge in [-0.2, -0.15) is 0 Å². The maximum absolute atomic E-state index is 12.2. The summed E-state index contributed by atoms with van der Waals surface area (Å²) >= 11 is 0. The molecule has 0 unspecified atom stereocenters. The van der Waals surface area contributed by atoms with Gasteiger partial charge in [-0.15, -0.1) is 10.3 Å². The minimum Gasteiger partial charge on any atom is -0.466 e. The molecule has 1 saturated heterocycles. The Kier molecular flexibility index (Phi) is 5.15. The zero-order valence-electron chi connectivity index (χ0n) is 12.9. The van der Waals surface area contributed by atoms with Crippen molar-refractivity contribution in [1.82, 2.24) is 5.06 Å². The molecule has 0 saturated carbocycles. The molecule has 0 aromatic carbocycles. The van der Waals surface area contributed by atoms with Gasteiger partial charge >= 0.3 is 11.9 Å². The Morgan fingerprint density at radius 2 is 1.60 bits per heavy atom. The van der Waals surface area contributed by atoms with Gasteiger partial charge in [0, 0.05) is 23.9 Å². The highest BCUT2D eigenvalue weighted by atomic mass is 16.6. The summed E-state index contributed by atoms with van der Waals surface area (Å²) in [7, 11) is 0. The molecule has 0 atom stereocenters. The highest BCUT2D eigenvalue weighted by molar-refractivity contribution is 5.91. The van der Waals surface area contributed by atoms with Crippen LogP contribution in [0, 0.1) is 0 Å². The second-order valence-electron chi connectivity index (χ2n) is 6.42. The monoisotopic (exact) mass is 286 g/mol. The summed E-state index contributed by atoms with van der Waals surface area (Å²) in [4.78, 5) is 22.9. The lowest BCUT2D eigenvalue weighted by Crippen LogP contribution is -2.60. The molecule has 0 spiro atoms. The summed E-state index contributed by atoms with van der Waals surface area (Å²) in [5.41, 5.74) is -1.20. The minimum atomic E-state index is -0.601. The number of rotatable bonds is 4. The van der Waals surface area contributed by atoms with Gasteiger partial charge in [0.2, 0.25) is 0 Å². The highest BCUT2D eigenvalue weighted by Crippen LogP contribution is 2.38. The van der Waals surface area contributed by atoms with E-state index in [1.54, 1.807) is 6.92 Å². The normalized spacial score (nSPS) is 22.3. The first-order chi connectivity index (χ1) is 9.08. The van der Waals surface area contributed by atoms with Gasteiger partial charge in [0.1, 0.15) is 12.5 Å². The van der Waals surface area contributed by atoms with E-state index < -0.39 is 23.0 Å². The number of piperidine rings is 1. The number of esters is 2. The fourth-order valence-electron chi connectivity index (χ4n) is 2.81. The van der Waals surface area contributed by atoms with E-state index in [0.29, 0.717) is 12.8 Å². The molecule has 1 radical (unpaired) electrons. The Morgan fingerprint density at radius 1 is 1.10 bits per heavy atom. The van der Waals surface area contributed by atoms with Crippen LogP contribution in [0.15, 0.2) is 0 Å². The second kappa shape index (κ2) is 6.10. The van der Waals surface area contributed by atoms with Crippen LogP contribution in [-0.4, -0.2) is 40.8 Å². The number of hydroxylamine groups is 2. The third-order valence-electron chi connectivity index (χ3n) is 3.45. The van der Waals surface area contributed by atoms with E-state index >= 15 is 0 Å². The lowest BCUT2D eigenvalue weighted by molar-refractivity contribution is -0.299. The second-order valence-corrected chi connectivity index (χ2v) is 6.42. The Morgan fingerprint density at radius 3 is 2.05 bits per heavy atom. The van der Waals surface area contributed by atoms with E-state index in [1.165, 1.54) is 0 Å². The van der Waals surface area contributed by atoms with Crippen LogP contribution < -0.4 is 0 Å². The fraction of sp³-hybridized carbons (Fsp3) is 0.857. The highest BCUT2D eigenvalue weighted by Gasteiger charge is 2.47. The molecule has 0 bridgehead atoms. The molecule has 1 rings (SSSR count). The van der Waals surface area contributed by atoms with Crippen LogP contribution in [0.1, 0.15) is 53.9 Å². The number of hydrogen-bond acceptors (Lipinski definition) is 5. The van der Waals surface area contributed by atoms with E-state index in [9.17, 15) is 14.8 Å². The fourth-order valence-corrected chi connectivity index (χ4v) is 2.81. The third-order valence-corrected chi connectivity index (χ3v) is 3.45. The van der Waals surface area contributed by atoms with Gasteiger partial charge in [-0.3, -0.25) is 9.59 Å². The van der Waals surface area contributed by atoms with Gasteiger partial charge in [-0.25, -0.2) is 0 Å². The number of nitrogens with zero attached hydrogens (tertiary/aromatic N) is 1. The van der Waals surface area contributed by atoms with Gasteiger partial charge in [0.25, 0.3) is 0 Å². The van der Waals surface area contributed by atoms with Crippen LogP contribution in [0.3, 0.4) is 0 Å². The molecule has 1 fully saturated rings. The van der Waals surface area contributed by atoms with Crippen molar-refractivity contribution < 1.29 is 24.3 Å². The predicted molar refractivity (Wildman–Crippen MR) is 71.0 cm³/mol. The van der Waals surface area contributed by atoms with Crippen LogP contribution in [0.2, 0.25) is 0 Å². The molecule has 6 heteroatoms. The molecule has 1 aliphatic heterocycles. The first-order valence-corrected chi connectivity index (χ1v) is 6.91. The van der Waals surface area contributed by atoms with Crippen molar-refractivity contribution in [3.8, 4) is 0 Å². The van der Waals surface area contributed by atoms with Crippen molar-refractivity contribution in [2.75, 3.05) is 6.61 Å². The summed E-state index contributed by atoms with van der Waals surface area (Å²) in [6.45, 7) is 9.22. The molecule has 0 amide bonds. The lowest BCUT2D eigenvalue weighted by atomic mass is 9.80. The standard InChI is InChI=1S/C14H24NO5/c1-6-19-11(16)7-12(17)20-10-8-13(2,3)15(18)14(4,5)9-10/h10H,6-9H2,1-5H3. The summed E-state index contributed by atoms with van der Waals surface area (Å²) in [6.07, 6.45) is 0.169. The van der Waals surface area contributed by atoms with Crippen LogP contribution >= 0.6 is 0 Å². The van der Waals surface area contributed by atoms with E-state index in [2.05, 4.69) is 0 Å². The molecule has 115 valence electrons. The van der Waals surface area contributed by atoms with E-state index in [4.69, 9.17) is 9.47 Å². The molecular formula is C14H24NO5. The summed E-state index contributed by atoms with van der Waals surface area (Å²) in [5, 5.41) is 13.2. The van der Waals surface area contributed by atoms with Crippen molar-refractivity contribution in [3.05, 3.63) is 0 Å². The molecule has 1 aliphatic rings. The zero-order chi connectivity index (χ0) is 15.6. The van der Waals surface area contributed by atoms with Gasteiger partial charge < -0.3 is 9.47 Å². The Balaban J connectivity index is 2.60. The average Bonchev–Trinajstić information content (AvgIpc) is 2.24. The van der Waals surface area contributed by atoms with Crippen LogP contribution in [0.5, 0.6) is 0 Å². The predicted octanol–water partition coefficient (Wildman–Crippen LogP) is 1.85. The van der Waals surface area contributed by atoms with E-state index in [-0.39, 0.29) is 19.1 Å². The third kappa shape index (κ3) is 4.18. The largest absolute Gasteiger partial charge is 0.466 e. The molecule has 0 aromatic rings. The van der Waals surface area contributed by atoms with Crippen molar-refractivity contribution in [2.45, 2.75) is 71.1 Å². The molecule has 0 aliphatic carbocycles. The van der Waals surface area contributed by atoms with Crippen molar-refractivity contribution in [2.24, 2.45) is 0 Å². The van der Waals surface area contributed by atoms with Crippen molar-refractivity contribution >= 4 is 11.9 Å². The molecular weight excluding hydrogens is 262 g/mol. The quantitative estimate of drug-likeness (QED) is 0.582. The van der Waals surface area contributed by atoms with E-state index in [0.717, 1.165) is 5.06 Å². The maximum Gasteiger partial charge on any atom is 0.317 e. The smallest absolute Gasteiger partial charge is 0.317 e. The Labute approximate surface area is 120 Å². The number of hydrogen-bond donors (Lipinski definition) is 0. The average molecular weight is 286 g/mol. The molecule has 20 heavy (non-hydrogen) atoms. The first-order valence-electron chi connectivity index (χ1n) is 6.91. The topological polar surface area (TPSA) is 75.7 Å². The number of ether oxygens (including phenoxy) is 2. The van der Waals surface area contributed by atoms with Crippen molar-refractivity contribution in [3.63, 3.8) is 0 Å². The van der Waals surface area contributed by atoms with Gasteiger partial charge in [0.15, 0.2) is 0 Å². The number of carbonyl (C=O) groups is 2. The van der Waals surface area contributed by atoms with Gasteiger partial charge in [-0.05, 0) is 34.6 Å².